The molecule has 4 rings (SSSR count). The predicted octanol–water partition coefficient (Wildman–Crippen LogP) is 2.94. The van der Waals surface area contributed by atoms with Gasteiger partial charge in [-0.25, -0.2) is 0 Å². The van der Waals surface area contributed by atoms with Crippen LogP contribution in [0.25, 0.3) is 16.8 Å². The molecule has 0 atom stereocenters. The molecule has 3 heterocycles. The summed E-state index contributed by atoms with van der Waals surface area (Å²) in [5.41, 5.74) is 9.94. The normalized spacial score (nSPS) is 20.6. The number of aliphatic imine (C=N–C) groups is 1. The van der Waals surface area contributed by atoms with Crippen molar-refractivity contribution in [3.63, 3.8) is 0 Å². The molecule has 0 saturated carbocycles. The summed E-state index contributed by atoms with van der Waals surface area (Å²) >= 11 is 0. The molecule has 2 aliphatic heterocycles. The fourth-order valence-electron chi connectivity index (χ4n) is 5.37. The lowest BCUT2D eigenvalue weighted by Crippen LogP contribution is -2.62. The van der Waals surface area contributed by atoms with Crippen LogP contribution in [0.4, 0.5) is 5.82 Å². The summed E-state index contributed by atoms with van der Waals surface area (Å²) in [6.45, 7) is 11.3. The number of aromatic hydroxyl groups is 1. The highest BCUT2D eigenvalue weighted by Crippen LogP contribution is 2.34. The second-order valence-corrected chi connectivity index (χ2v) is 10.7. The Balaban J connectivity index is 1.58. The molecule has 8 heteroatoms. The first-order chi connectivity index (χ1) is 16.1. The van der Waals surface area contributed by atoms with E-state index in [0.29, 0.717) is 23.8 Å². The zero-order valence-electron chi connectivity index (χ0n) is 20.9. The Morgan fingerprint density at radius 1 is 1.12 bits per heavy atom. The largest absolute Gasteiger partial charge is 0.507 e. The minimum absolute atomic E-state index is 0.0483. The van der Waals surface area contributed by atoms with Crippen LogP contribution in [0.15, 0.2) is 41.5 Å². The first kappa shape index (κ1) is 24.2. The van der Waals surface area contributed by atoms with Crippen LogP contribution in [0.2, 0.25) is 0 Å². The lowest BCUT2D eigenvalue weighted by atomic mass is 9.79. The molecule has 0 spiro atoms. The highest BCUT2D eigenvalue weighted by Gasteiger charge is 2.39. The summed E-state index contributed by atoms with van der Waals surface area (Å²) in [7, 11) is 2.08. The molecule has 182 valence electrons. The first-order valence-corrected chi connectivity index (χ1v) is 11.9. The number of phenolic OH excluding ortho intramolecular Hbond substituents is 1. The Bertz CT molecular complexity index is 1070. The molecular formula is C26H37N7O. The number of hydrogen-bond acceptors (Lipinski definition) is 8. The van der Waals surface area contributed by atoms with Gasteiger partial charge in [0.25, 0.3) is 0 Å². The number of phenols is 1. The highest BCUT2D eigenvalue weighted by atomic mass is 16.3. The predicted molar refractivity (Wildman–Crippen MR) is 139 cm³/mol. The number of nitrogens with zero attached hydrogens (tertiary/aromatic N) is 4. The third-order valence-electron chi connectivity index (χ3n) is 6.67. The molecule has 0 radical (unpaired) electrons. The maximum atomic E-state index is 10.6. The monoisotopic (exact) mass is 463 g/mol. The minimum Gasteiger partial charge on any atom is -0.507 e. The topological polar surface area (TPSA) is 112 Å². The van der Waals surface area contributed by atoms with Crippen molar-refractivity contribution in [2.24, 2.45) is 10.7 Å². The zero-order chi connectivity index (χ0) is 24.5. The molecule has 5 N–H and O–H groups in total. The van der Waals surface area contributed by atoms with Crippen LogP contribution >= 0.6 is 0 Å². The first-order valence-electron chi connectivity index (χ1n) is 11.9. The number of aromatic nitrogens is 2. The van der Waals surface area contributed by atoms with Gasteiger partial charge in [0.2, 0.25) is 0 Å². The summed E-state index contributed by atoms with van der Waals surface area (Å²) < 4.78 is 0. The lowest BCUT2D eigenvalue weighted by Gasteiger charge is -2.49. The second kappa shape index (κ2) is 9.35. The van der Waals surface area contributed by atoms with Gasteiger partial charge >= 0.3 is 0 Å². The molecule has 0 amide bonds. The third kappa shape index (κ3) is 5.23. The van der Waals surface area contributed by atoms with Crippen molar-refractivity contribution in [3.05, 3.63) is 42.1 Å². The smallest absolute Gasteiger partial charge is 0.151 e. The molecule has 0 unspecified atom stereocenters. The minimum atomic E-state index is 0.0483. The molecule has 2 aliphatic rings. The molecule has 2 aromatic rings. The standard InChI is InChI=1S/C26H37N7O/c1-25(2)13-18(14-26(3,4)32-25)33(5)24-9-7-21(30-31-24)19-12-17(6-8-23(19)34)20(15-27)22-16-28-10-11-29-22/h6-9,12,15,18,28,32,34H,10-11,13-14,16,27H2,1-5H3. The number of hydrogen-bond donors (Lipinski definition) is 4. The van der Waals surface area contributed by atoms with Gasteiger partial charge in [0.05, 0.1) is 18.0 Å². The van der Waals surface area contributed by atoms with Crippen molar-refractivity contribution in [1.29, 1.82) is 0 Å². The van der Waals surface area contributed by atoms with E-state index in [-0.39, 0.29) is 16.8 Å². The molecular weight excluding hydrogens is 426 g/mol. The van der Waals surface area contributed by atoms with Gasteiger partial charge in [-0.15, -0.1) is 10.2 Å². The van der Waals surface area contributed by atoms with Crippen molar-refractivity contribution in [3.8, 4) is 17.0 Å². The lowest BCUT2D eigenvalue weighted by molar-refractivity contribution is 0.160. The van der Waals surface area contributed by atoms with E-state index in [2.05, 4.69) is 65.5 Å². The van der Waals surface area contributed by atoms with Crippen molar-refractivity contribution in [1.82, 2.24) is 20.8 Å². The maximum absolute atomic E-state index is 10.6. The van der Waals surface area contributed by atoms with Gasteiger partial charge in [0, 0.05) is 54.6 Å². The summed E-state index contributed by atoms with van der Waals surface area (Å²) in [5.74, 6) is 0.976. The number of benzene rings is 1. The number of piperidine rings is 1. The van der Waals surface area contributed by atoms with Crippen LogP contribution in [0.3, 0.4) is 0 Å². The quantitative estimate of drug-likeness (QED) is 0.539. The van der Waals surface area contributed by atoms with E-state index in [1.807, 2.05) is 24.3 Å². The number of anilines is 1. The Labute approximate surface area is 202 Å². The van der Waals surface area contributed by atoms with E-state index in [0.717, 1.165) is 48.6 Å². The number of rotatable bonds is 5. The molecule has 34 heavy (non-hydrogen) atoms. The van der Waals surface area contributed by atoms with Crippen molar-refractivity contribution in [2.75, 3.05) is 31.6 Å². The van der Waals surface area contributed by atoms with E-state index in [1.54, 1.807) is 12.3 Å². The van der Waals surface area contributed by atoms with Crippen molar-refractivity contribution in [2.45, 2.75) is 57.7 Å². The van der Waals surface area contributed by atoms with Gasteiger partial charge < -0.3 is 26.4 Å². The summed E-state index contributed by atoms with van der Waals surface area (Å²) in [6, 6.07) is 9.67. The van der Waals surface area contributed by atoms with Gasteiger partial charge in [-0.1, -0.05) is 6.07 Å². The SMILES string of the molecule is CN(c1ccc(-c2cc(C(=CN)C3=NCCNC3)ccc2O)nn1)C1CC(C)(C)NC(C)(C)C1. The summed E-state index contributed by atoms with van der Waals surface area (Å²) in [6.07, 6.45) is 3.62. The Morgan fingerprint density at radius 3 is 2.44 bits per heavy atom. The van der Waals surface area contributed by atoms with E-state index in [9.17, 15) is 5.11 Å². The van der Waals surface area contributed by atoms with Crippen molar-refractivity contribution < 1.29 is 5.11 Å². The van der Waals surface area contributed by atoms with E-state index >= 15 is 0 Å². The van der Waals surface area contributed by atoms with Crippen LogP contribution in [0.1, 0.15) is 46.1 Å². The summed E-state index contributed by atoms with van der Waals surface area (Å²) in [5, 5.41) is 26.6. The van der Waals surface area contributed by atoms with E-state index in [1.165, 1.54) is 0 Å². The fraction of sp³-hybridized carbons (Fsp3) is 0.500. The maximum Gasteiger partial charge on any atom is 0.151 e. The number of nitrogens with two attached hydrogens (primary N) is 1. The average Bonchev–Trinajstić information content (AvgIpc) is 2.79. The van der Waals surface area contributed by atoms with Gasteiger partial charge in [-0.3, -0.25) is 4.99 Å². The van der Waals surface area contributed by atoms with Gasteiger partial charge in [-0.05, 0) is 70.4 Å². The van der Waals surface area contributed by atoms with Crippen LogP contribution in [0, 0.1) is 0 Å². The highest BCUT2D eigenvalue weighted by molar-refractivity contribution is 6.25. The Hall–Kier alpha value is -2.97. The molecule has 0 aliphatic carbocycles. The second-order valence-electron chi connectivity index (χ2n) is 10.7. The molecule has 8 nitrogen and oxygen atoms in total. The number of nitrogens with one attached hydrogen (secondary N) is 2. The molecule has 1 saturated heterocycles. The van der Waals surface area contributed by atoms with Crippen molar-refractivity contribution >= 4 is 17.1 Å². The fourth-order valence-corrected chi connectivity index (χ4v) is 5.37. The van der Waals surface area contributed by atoms with Crippen LogP contribution in [-0.2, 0) is 0 Å². The van der Waals surface area contributed by atoms with Crippen LogP contribution < -0.4 is 21.3 Å². The van der Waals surface area contributed by atoms with Crippen LogP contribution in [-0.4, -0.2) is 64.8 Å². The van der Waals surface area contributed by atoms with Gasteiger partial charge in [0.1, 0.15) is 5.75 Å². The van der Waals surface area contributed by atoms with Gasteiger partial charge in [-0.2, -0.15) is 0 Å². The summed E-state index contributed by atoms with van der Waals surface area (Å²) in [4.78, 5) is 6.83. The van der Waals surface area contributed by atoms with Gasteiger partial charge in [0.15, 0.2) is 5.82 Å². The molecule has 0 bridgehead atoms. The molecule has 1 fully saturated rings. The van der Waals surface area contributed by atoms with E-state index in [4.69, 9.17) is 5.73 Å². The Kier molecular flexibility index (Phi) is 6.64. The van der Waals surface area contributed by atoms with Crippen LogP contribution in [0.5, 0.6) is 5.75 Å². The zero-order valence-corrected chi connectivity index (χ0v) is 20.9. The molecule has 1 aromatic carbocycles. The molecule has 1 aromatic heterocycles. The van der Waals surface area contributed by atoms with E-state index < -0.39 is 0 Å². The Morgan fingerprint density at radius 2 is 1.85 bits per heavy atom. The average molecular weight is 464 g/mol. The third-order valence-corrected chi connectivity index (χ3v) is 6.67.